The standard InChI is InChI=1S/C13H9F3N4O2S/c1-6-4-23-12-9(6)11(21)19-10(20-12)7-2-18-8(3-17-7)22-5-13(14,15)16/h2-4H,5H2,1H3,(H,19,20,21). The molecule has 0 fully saturated rings. The van der Waals surface area contributed by atoms with Crippen molar-refractivity contribution in [2.75, 3.05) is 6.61 Å². The molecular weight excluding hydrogens is 333 g/mol. The third-order valence-electron chi connectivity index (χ3n) is 2.88. The highest BCUT2D eigenvalue weighted by Crippen LogP contribution is 2.22. The van der Waals surface area contributed by atoms with Gasteiger partial charge in [-0.25, -0.2) is 15.0 Å². The minimum absolute atomic E-state index is 0.194. The molecule has 10 heteroatoms. The number of thiophene rings is 1. The first kappa shape index (κ1) is 15.4. The first-order valence-corrected chi connectivity index (χ1v) is 7.21. The van der Waals surface area contributed by atoms with Gasteiger partial charge in [0.05, 0.1) is 17.8 Å². The van der Waals surface area contributed by atoms with Crippen LogP contribution in [-0.2, 0) is 0 Å². The summed E-state index contributed by atoms with van der Waals surface area (Å²) >= 11 is 1.32. The van der Waals surface area contributed by atoms with E-state index in [1.54, 1.807) is 0 Å². The number of rotatable bonds is 3. The molecule has 3 aromatic heterocycles. The number of aromatic nitrogens is 4. The van der Waals surface area contributed by atoms with Crippen LogP contribution >= 0.6 is 11.3 Å². The van der Waals surface area contributed by atoms with Crippen LogP contribution in [0.3, 0.4) is 0 Å². The zero-order valence-corrected chi connectivity index (χ0v) is 12.5. The molecule has 1 N–H and O–H groups in total. The van der Waals surface area contributed by atoms with Gasteiger partial charge in [0.15, 0.2) is 12.4 Å². The summed E-state index contributed by atoms with van der Waals surface area (Å²) in [6, 6.07) is 0. The van der Waals surface area contributed by atoms with Gasteiger partial charge in [-0.2, -0.15) is 13.2 Å². The maximum Gasteiger partial charge on any atom is 0.422 e. The smallest absolute Gasteiger partial charge is 0.422 e. The number of nitrogens with zero attached hydrogens (tertiary/aromatic N) is 3. The van der Waals surface area contributed by atoms with Crippen LogP contribution in [0.5, 0.6) is 5.88 Å². The molecule has 23 heavy (non-hydrogen) atoms. The van der Waals surface area contributed by atoms with Crippen LogP contribution < -0.4 is 10.3 Å². The van der Waals surface area contributed by atoms with Gasteiger partial charge in [-0.3, -0.25) is 4.79 Å². The number of H-pyrrole nitrogens is 1. The van der Waals surface area contributed by atoms with E-state index in [1.807, 2.05) is 12.3 Å². The van der Waals surface area contributed by atoms with Gasteiger partial charge in [0.1, 0.15) is 10.5 Å². The minimum atomic E-state index is -4.45. The Balaban J connectivity index is 1.89. The Bertz CT molecular complexity index is 902. The lowest BCUT2D eigenvalue weighted by atomic mass is 10.3. The molecular formula is C13H9F3N4O2S. The monoisotopic (exact) mass is 342 g/mol. The summed E-state index contributed by atoms with van der Waals surface area (Å²) in [5, 5.41) is 2.33. The molecule has 0 atom stereocenters. The molecule has 6 nitrogen and oxygen atoms in total. The van der Waals surface area contributed by atoms with Crippen LogP contribution in [0.4, 0.5) is 13.2 Å². The highest BCUT2D eigenvalue weighted by atomic mass is 32.1. The fourth-order valence-electron chi connectivity index (χ4n) is 1.88. The van der Waals surface area contributed by atoms with E-state index in [1.165, 1.54) is 17.5 Å². The van der Waals surface area contributed by atoms with Gasteiger partial charge < -0.3 is 9.72 Å². The first-order valence-electron chi connectivity index (χ1n) is 6.33. The minimum Gasteiger partial charge on any atom is -0.467 e. The molecule has 0 unspecified atom stereocenters. The summed E-state index contributed by atoms with van der Waals surface area (Å²) in [5.41, 5.74) is 0.754. The van der Waals surface area contributed by atoms with Crippen LogP contribution in [0, 0.1) is 6.92 Å². The van der Waals surface area contributed by atoms with Crippen LogP contribution in [0.15, 0.2) is 22.6 Å². The van der Waals surface area contributed by atoms with Crippen molar-refractivity contribution < 1.29 is 17.9 Å². The second-order valence-corrected chi connectivity index (χ2v) is 5.52. The number of hydrogen-bond acceptors (Lipinski definition) is 6. The average Bonchev–Trinajstić information content (AvgIpc) is 2.87. The highest BCUT2D eigenvalue weighted by molar-refractivity contribution is 7.16. The van der Waals surface area contributed by atoms with Crippen molar-refractivity contribution in [2.24, 2.45) is 0 Å². The van der Waals surface area contributed by atoms with Gasteiger partial charge in [0.25, 0.3) is 5.56 Å². The van der Waals surface area contributed by atoms with Crippen molar-refractivity contribution in [3.63, 3.8) is 0 Å². The largest absolute Gasteiger partial charge is 0.467 e. The number of aromatic amines is 1. The Labute approximate surface area is 131 Å². The quantitative estimate of drug-likeness (QED) is 0.791. The van der Waals surface area contributed by atoms with Crippen molar-refractivity contribution in [3.8, 4) is 17.4 Å². The van der Waals surface area contributed by atoms with Gasteiger partial charge in [-0.05, 0) is 17.9 Å². The van der Waals surface area contributed by atoms with Crippen molar-refractivity contribution >= 4 is 21.6 Å². The SMILES string of the molecule is Cc1csc2nc(-c3cnc(OCC(F)(F)F)cn3)[nH]c(=O)c12. The highest BCUT2D eigenvalue weighted by Gasteiger charge is 2.28. The van der Waals surface area contributed by atoms with Crippen LogP contribution in [-0.4, -0.2) is 32.7 Å². The maximum absolute atomic E-state index is 12.1. The number of fused-ring (bicyclic) bond motifs is 1. The Morgan fingerprint density at radius 3 is 2.74 bits per heavy atom. The van der Waals surface area contributed by atoms with E-state index in [0.717, 1.165) is 11.8 Å². The Morgan fingerprint density at radius 1 is 1.30 bits per heavy atom. The van der Waals surface area contributed by atoms with E-state index in [2.05, 4.69) is 24.7 Å². The lowest BCUT2D eigenvalue weighted by Crippen LogP contribution is -2.19. The molecule has 0 saturated carbocycles. The van der Waals surface area contributed by atoms with Crippen LogP contribution in [0.25, 0.3) is 21.7 Å². The third kappa shape index (κ3) is 3.31. The van der Waals surface area contributed by atoms with E-state index in [-0.39, 0.29) is 23.0 Å². The lowest BCUT2D eigenvalue weighted by molar-refractivity contribution is -0.154. The number of nitrogens with one attached hydrogen (secondary N) is 1. The van der Waals surface area contributed by atoms with Crippen molar-refractivity contribution in [3.05, 3.63) is 33.7 Å². The van der Waals surface area contributed by atoms with Crippen LogP contribution in [0.2, 0.25) is 0 Å². The molecule has 0 aliphatic rings. The predicted molar refractivity (Wildman–Crippen MR) is 77.6 cm³/mol. The molecule has 120 valence electrons. The fraction of sp³-hybridized carbons (Fsp3) is 0.231. The van der Waals surface area contributed by atoms with Gasteiger partial charge >= 0.3 is 6.18 Å². The fourth-order valence-corrected chi connectivity index (χ4v) is 2.80. The third-order valence-corrected chi connectivity index (χ3v) is 3.87. The predicted octanol–water partition coefficient (Wildman–Crippen LogP) is 2.69. The summed E-state index contributed by atoms with van der Waals surface area (Å²) in [5.74, 6) is -0.0688. The van der Waals surface area contributed by atoms with Crippen molar-refractivity contribution in [2.45, 2.75) is 13.1 Å². The summed E-state index contributed by atoms with van der Waals surface area (Å²) in [7, 11) is 0. The van der Waals surface area contributed by atoms with E-state index in [0.29, 0.717) is 10.2 Å². The Morgan fingerprint density at radius 2 is 2.09 bits per heavy atom. The van der Waals surface area contributed by atoms with Crippen molar-refractivity contribution in [1.82, 2.24) is 19.9 Å². The van der Waals surface area contributed by atoms with Gasteiger partial charge in [0.2, 0.25) is 5.88 Å². The lowest BCUT2D eigenvalue weighted by Gasteiger charge is -2.08. The molecule has 0 radical (unpaired) electrons. The van der Waals surface area contributed by atoms with E-state index in [4.69, 9.17) is 0 Å². The molecule has 0 amide bonds. The maximum atomic E-state index is 12.1. The molecule has 0 bridgehead atoms. The number of halogens is 3. The first-order chi connectivity index (χ1) is 10.8. The number of alkyl halides is 3. The second-order valence-electron chi connectivity index (χ2n) is 4.66. The normalized spacial score (nSPS) is 11.8. The second kappa shape index (κ2) is 5.61. The molecule has 3 aromatic rings. The number of ether oxygens (including phenoxy) is 1. The molecule has 0 aliphatic heterocycles. The summed E-state index contributed by atoms with van der Waals surface area (Å²) in [6.45, 7) is 0.360. The zero-order chi connectivity index (χ0) is 16.6. The van der Waals surface area contributed by atoms with Gasteiger partial charge in [-0.1, -0.05) is 0 Å². The molecule has 3 rings (SSSR count). The number of hydrogen-bond donors (Lipinski definition) is 1. The molecule has 3 heterocycles. The molecule has 0 spiro atoms. The summed E-state index contributed by atoms with van der Waals surface area (Å²) in [6.07, 6.45) is -2.21. The Hall–Kier alpha value is -2.49. The van der Waals surface area contributed by atoms with Gasteiger partial charge in [0, 0.05) is 0 Å². The van der Waals surface area contributed by atoms with Crippen LogP contribution in [0.1, 0.15) is 5.56 Å². The molecule has 0 aliphatic carbocycles. The van der Waals surface area contributed by atoms with Gasteiger partial charge in [-0.15, -0.1) is 11.3 Å². The zero-order valence-electron chi connectivity index (χ0n) is 11.6. The number of aryl methyl sites for hydroxylation is 1. The summed E-state index contributed by atoms with van der Waals surface area (Å²) < 4.78 is 40.6. The van der Waals surface area contributed by atoms with E-state index < -0.39 is 12.8 Å². The Kier molecular flexibility index (Phi) is 3.76. The van der Waals surface area contributed by atoms with Crippen molar-refractivity contribution in [1.29, 1.82) is 0 Å². The van der Waals surface area contributed by atoms with E-state index >= 15 is 0 Å². The average molecular weight is 342 g/mol. The molecule has 0 saturated heterocycles. The topological polar surface area (TPSA) is 80.8 Å². The van der Waals surface area contributed by atoms with E-state index in [9.17, 15) is 18.0 Å². The summed E-state index contributed by atoms with van der Waals surface area (Å²) in [4.78, 5) is 27.1. The molecule has 0 aromatic carbocycles.